The van der Waals surface area contributed by atoms with Gasteiger partial charge in [0.1, 0.15) is 0 Å². The largest absolute Gasteiger partial charge is 0.349 e. The zero-order valence-electron chi connectivity index (χ0n) is 14.4. The van der Waals surface area contributed by atoms with Gasteiger partial charge in [-0.3, -0.25) is 0 Å². The number of aromatic amines is 1. The number of hydrogen-bond donors (Lipinski definition) is 1. The Hall–Kier alpha value is -2.29. The Kier molecular flexibility index (Phi) is 7.89. The average Bonchev–Trinajstić information content (AvgIpc) is 3.18. The Balaban J connectivity index is 0.000000249. The minimum Gasteiger partial charge on any atom is -0.349 e. The number of nitrogens with one attached hydrogen (secondary N) is 1. The molecule has 3 aromatic rings. The summed E-state index contributed by atoms with van der Waals surface area (Å²) in [6, 6.07) is 21.4. The van der Waals surface area contributed by atoms with Crippen molar-refractivity contribution in [3.05, 3.63) is 90.0 Å². The van der Waals surface area contributed by atoms with E-state index in [0.717, 1.165) is 25.6 Å². The number of nitrogens with zero attached hydrogens (tertiary/aromatic N) is 1. The number of rotatable bonds is 6. The molecule has 0 aliphatic heterocycles. The van der Waals surface area contributed by atoms with E-state index in [-0.39, 0.29) is 0 Å². The van der Waals surface area contributed by atoms with Crippen molar-refractivity contribution < 1.29 is 0 Å². The zero-order chi connectivity index (χ0) is 17.0. The quantitative estimate of drug-likeness (QED) is 0.625. The van der Waals surface area contributed by atoms with Crippen molar-refractivity contribution in [3.63, 3.8) is 0 Å². The summed E-state index contributed by atoms with van der Waals surface area (Å²) in [4.78, 5) is 6.81. The minimum atomic E-state index is 0.473. The van der Waals surface area contributed by atoms with Crippen molar-refractivity contribution in [1.82, 2.24) is 9.97 Å². The van der Waals surface area contributed by atoms with E-state index in [0.29, 0.717) is 5.92 Å². The van der Waals surface area contributed by atoms with Gasteiger partial charge in [-0.05, 0) is 24.0 Å². The third-order valence-corrected chi connectivity index (χ3v) is 4.04. The fourth-order valence-corrected chi connectivity index (χ4v) is 2.70. The first kappa shape index (κ1) is 18.1. The number of aryl methyl sites for hydroxylation is 1. The van der Waals surface area contributed by atoms with Crippen molar-refractivity contribution >= 4 is 7.85 Å². The fourth-order valence-electron chi connectivity index (χ4n) is 2.70. The van der Waals surface area contributed by atoms with Gasteiger partial charge in [-0.2, -0.15) is 0 Å². The van der Waals surface area contributed by atoms with Gasteiger partial charge in [-0.25, -0.2) is 4.98 Å². The van der Waals surface area contributed by atoms with Crippen LogP contribution in [0.15, 0.2) is 73.2 Å². The Labute approximate surface area is 146 Å². The van der Waals surface area contributed by atoms with Gasteiger partial charge in [0, 0.05) is 17.8 Å². The Bertz CT molecular complexity index is 611. The Morgan fingerprint density at radius 1 is 0.958 bits per heavy atom. The smallest absolute Gasteiger partial charge is 0.0921 e. The average molecular weight is 316 g/mol. The predicted octanol–water partition coefficient (Wildman–Crippen LogP) is 5.16. The van der Waals surface area contributed by atoms with Gasteiger partial charge in [0.15, 0.2) is 0 Å². The lowest BCUT2D eigenvalue weighted by Crippen LogP contribution is -2.00. The molecular formula is C21H25BN2. The summed E-state index contributed by atoms with van der Waals surface area (Å²) in [5, 5.41) is 0. The molecule has 0 spiro atoms. The van der Waals surface area contributed by atoms with Gasteiger partial charge < -0.3 is 4.98 Å². The van der Waals surface area contributed by atoms with Crippen LogP contribution in [0, 0.1) is 0 Å². The van der Waals surface area contributed by atoms with Gasteiger partial charge in [0.05, 0.1) is 14.2 Å². The summed E-state index contributed by atoms with van der Waals surface area (Å²) in [5.74, 6) is 0.473. The van der Waals surface area contributed by atoms with Crippen LogP contribution in [-0.4, -0.2) is 17.8 Å². The molecule has 0 aliphatic rings. The van der Waals surface area contributed by atoms with E-state index in [1.54, 1.807) is 6.33 Å². The first-order chi connectivity index (χ1) is 11.8. The molecule has 3 rings (SSSR count). The number of aromatic nitrogens is 2. The number of H-pyrrole nitrogens is 1. The fraction of sp³-hybridized carbons (Fsp3) is 0.286. The van der Waals surface area contributed by atoms with Crippen molar-refractivity contribution in [1.29, 1.82) is 0 Å². The molecule has 122 valence electrons. The number of hydrogen-bond acceptors (Lipinski definition) is 1. The van der Waals surface area contributed by atoms with E-state index in [4.69, 9.17) is 7.85 Å². The first-order valence-corrected chi connectivity index (χ1v) is 8.62. The SMILES string of the molecule is CCc1cnc[nH]1.[B]CCCC(c1ccccc1)c1ccccc1. The molecule has 1 aromatic heterocycles. The van der Waals surface area contributed by atoms with E-state index in [2.05, 4.69) is 77.6 Å². The second-order valence-corrected chi connectivity index (χ2v) is 5.74. The van der Waals surface area contributed by atoms with Gasteiger partial charge in [-0.15, -0.1) is 0 Å². The van der Waals surface area contributed by atoms with Gasteiger partial charge >= 0.3 is 0 Å². The highest BCUT2D eigenvalue weighted by Crippen LogP contribution is 2.29. The molecule has 0 fully saturated rings. The van der Waals surface area contributed by atoms with Crippen LogP contribution in [0.4, 0.5) is 0 Å². The molecule has 0 aliphatic carbocycles. The predicted molar refractivity (Wildman–Crippen MR) is 102 cm³/mol. The van der Waals surface area contributed by atoms with Crippen molar-refractivity contribution in [3.8, 4) is 0 Å². The molecule has 0 saturated carbocycles. The molecule has 2 nitrogen and oxygen atoms in total. The standard InChI is InChI=1S/C16H17B.C5H8N2/c17-13-7-12-16(14-8-3-1-4-9-14)15-10-5-2-6-11-15;1-2-5-3-6-4-7-5/h1-6,8-11,16H,7,12-13H2;3-4H,2H2,1H3,(H,6,7). The van der Waals surface area contributed by atoms with E-state index in [1.807, 2.05) is 6.20 Å². The maximum absolute atomic E-state index is 5.63. The maximum Gasteiger partial charge on any atom is 0.0921 e. The highest BCUT2D eigenvalue weighted by Gasteiger charge is 2.12. The zero-order valence-corrected chi connectivity index (χ0v) is 14.4. The van der Waals surface area contributed by atoms with Crippen LogP contribution in [0.25, 0.3) is 0 Å². The van der Waals surface area contributed by atoms with Crippen LogP contribution in [0.3, 0.4) is 0 Å². The molecular weight excluding hydrogens is 291 g/mol. The summed E-state index contributed by atoms with van der Waals surface area (Å²) >= 11 is 0. The lowest BCUT2D eigenvalue weighted by molar-refractivity contribution is 0.698. The van der Waals surface area contributed by atoms with Gasteiger partial charge in [-0.1, -0.05) is 80.3 Å². The van der Waals surface area contributed by atoms with E-state index in [9.17, 15) is 0 Å². The summed E-state index contributed by atoms with van der Waals surface area (Å²) in [6.45, 7) is 2.09. The van der Waals surface area contributed by atoms with Crippen LogP contribution < -0.4 is 0 Å². The van der Waals surface area contributed by atoms with Crippen LogP contribution >= 0.6 is 0 Å². The van der Waals surface area contributed by atoms with Gasteiger partial charge in [0.2, 0.25) is 0 Å². The van der Waals surface area contributed by atoms with Crippen molar-refractivity contribution in [2.75, 3.05) is 0 Å². The van der Waals surface area contributed by atoms with E-state index in [1.165, 1.54) is 16.8 Å². The maximum atomic E-state index is 5.63. The Morgan fingerprint density at radius 2 is 1.54 bits per heavy atom. The molecule has 3 heteroatoms. The topological polar surface area (TPSA) is 28.7 Å². The monoisotopic (exact) mass is 316 g/mol. The molecule has 0 bridgehead atoms. The third kappa shape index (κ3) is 5.73. The molecule has 1 N–H and O–H groups in total. The minimum absolute atomic E-state index is 0.473. The molecule has 0 unspecified atom stereocenters. The lowest BCUT2D eigenvalue weighted by Gasteiger charge is -2.17. The van der Waals surface area contributed by atoms with Crippen LogP contribution in [0.1, 0.15) is 42.5 Å². The van der Waals surface area contributed by atoms with Crippen LogP contribution in [0.5, 0.6) is 0 Å². The third-order valence-electron chi connectivity index (χ3n) is 4.04. The number of benzene rings is 2. The molecule has 24 heavy (non-hydrogen) atoms. The lowest BCUT2D eigenvalue weighted by atomic mass is 9.85. The van der Waals surface area contributed by atoms with Crippen molar-refractivity contribution in [2.24, 2.45) is 0 Å². The highest BCUT2D eigenvalue weighted by atomic mass is 14.8. The van der Waals surface area contributed by atoms with Gasteiger partial charge in [0.25, 0.3) is 0 Å². The van der Waals surface area contributed by atoms with E-state index >= 15 is 0 Å². The summed E-state index contributed by atoms with van der Waals surface area (Å²) in [6.07, 6.45) is 7.51. The molecule has 0 atom stereocenters. The summed E-state index contributed by atoms with van der Waals surface area (Å²) < 4.78 is 0. The second kappa shape index (κ2) is 10.5. The first-order valence-electron chi connectivity index (χ1n) is 8.62. The highest BCUT2D eigenvalue weighted by molar-refractivity contribution is 6.08. The van der Waals surface area contributed by atoms with Crippen molar-refractivity contribution in [2.45, 2.75) is 38.4 Å². The normalized spacial score (nSPS) is 10.2. The molecule has 2 radical (unpaired) electrons. The Morgan fingerprint density at radius 3 is 1.92 bits per heavy atom. The molecule has 0 saturated heterocycles. The molecule has 1 heterocycles. The second-order valence-electron chi connectivity index (χ2n) is 5.74. The number of imidazole rings is 1. The van der Waals surface area contributed by atoms with Crippen LogP contribution in [-0.2, 0) is 6.42 Å². The molecule has 0 amide bonds. The van der Waals surface area contributed by atoms with E-state index < -0.39 is 0 Å². The van der Waals surface area contributed by atoms with Crippen LogP contribution in [0.2, 0.25) is 6.32 Å². The summed E-state index contributed by atoms with van der Waals surface area (Å²) in [7, 11) is 5.63. The summed E-state index contributed by atoms with van der Waals surface area (Å²) in [5.41, 5.74) is 3.96. The molecule has 2 aromatic carbocycles.